The molecule has 0 unspecified atom stereocenters. The molecule has 0 saturated carbocycles. The number of carbonyl (C=O) groups excluding carboxylic acids is 2. The maximum Gasteiger partial charge on any atom is 0.321 e. The highest BCUT2D eigenvalue weighted by Crippen LogP contribution is 2.27. The lowest BCUT2D eigenvalue weighted by atomic mass is 9.93. The van der Waals surface area contributed by atoms with Crippen molar-refractivity contribution in [3.05, 3.63) is 54.4 Å². The first-order valence-corrected chi connectivity index (χ1v) is 10.6. The highest BCUT2D eigenvalue weighted by Gasteiger charge is 2.32. The highest BCUT2D eigenvalue weighted by molar-refractivity contribution is 5.90. The molecular formula is C23H28N4O3. The van der Waals surface area contributed by atoms with Crippen LogP contribution in [0.2, 0.25) is 0 Å². The van der Waals surface area contributed by atoms with E-state index in [1.165, 1.54) is 5.56 Å². The van der Waals surface area contributed by atoms with Crippen LogP contribution in [-0.2, 0) is 4.79 Å². The van der Waals surface area contributed by atoms with E-state index in [2.05, 4.69) is 17.2 Å². The van der Waals surface area contributed by atoms with Crippen molar-refractivity contribution in [2.75, 3.05) is 31.5 Å². The summed E-state index contributed by atoms with van der Waals surface area (Å²) in [5.41, 5.74) is 1.91. The topological polar surface area (TPSA) is 74.8 Å². The molecule has 0 bridgehead atoms. The second-order valence-electron chi connectivity index (χ2n) is 7.98. The van der Waals surface area contributed by atoms with Gasteiger partial charge in [-0.3, -0.25) is 9.78 Å². The molecule has 7 nitrogen and oxygen atoms in total. The Morgan fingerprint density at radius 2 is 1.87 bits per heavy atom. The van der Waals surface area contributed by atoms with Gasteiger partial charge in [-0.05, 0) is 42.3 Å². The minimum absolute atomic E-state index is 0.0431. The Bertz CT molecular complexity index is 860. The number of hydrogen-bond donors (Lipinski definition) is 1. The van der Waals surface area contributed by atoms with Crippen molar-refractivity contribution in [3.8, 4) is 5.75 Å². The number of urea groups is 1. The summed E-state index contributed by atoms with van der Waals surface area (Å²) < 4.78 is 5.92. The second kappa shape index (κ2) is 9.15. The number of ether oxygens (including phenoxy) is 1. The van der Waals surface area contributed by atoms with E-state index in [1.54, 1.807) is 11.1 Å². The Labute approximate surface area is 177 Å². The molecule has 4 rings (SSSR count). The van der Waals surface area contributed by atoms with Gasteiger partial charge in [-0.15, -0.1) is 0 Å². The number of pyridine rings is 1. The van der Waals surface area contributed by atoms with Gasteiger partial charge in [-0.2, -0.15) is 0 Å². The minimum atomic E-state index is -0.0935. The zero-order chi connectivity index (χ0) is 20.9. The van der Waals surface area contributed by atoms with E-state index in [0.29, 0.717) is 38.5 Å². The van der Waals surface area contributed by atoms with E-state index in [9.17, 15) is 9.59 Å². The van der Waals surface area contributed by atoms with Crippen LogP contribution in [0, 0.1) is 0 Å². The fourth-order valence-electron chi connectivity index (χ4n) is 3.69. The summed E-state index contributed by atoms with van der Waals surface area (Å²) in [7, 11) is 0. The van der Waals surface area contributed by atoms with Gasteiger partial charge in [0.05, 0.1) is 13.1 Å². The molecule has 0 spiro atoms. The summed E-state index contributed by atoms with van der Waals surface area (Å²) in [5, 5.41) is 2.93. The van der Waals surface area contributed by atoms with Gasteiger partial charge in [0.25, 0.3) is 0 Å². The van der Waals surface area contributed by atoms with E-state index in [4.69, 9.17) is 4.74 Å². The quantitative estimate of drug-likeness (QED) is 0.761. The number of rotatable bonds is 7. The first kappa shape index (κ1) is 20.2. The second-order valence-corrected chi connectivity index (χ2v) is 7.98. The van der Waals surface area contributed by atoms with Crippen LogP contribution in [0.15, 0.2) is 48.8 Å². The number of amides is 3. The van der Waals surface area contributed by atoms with E-state index in [1.807, 2.05) is 47.5 Å². The Kier molecular flexibility index (Phi) is 6.16. The number of nitrogens with zero attached hydrogens (tertiary/aromatic N) is 3. The van der Waals surface area contributed by atoms with Gasteiger partial charge >= 0.3 is 6.03 Å². The van der Waals surface area contributed by atoms with Crippen molar-refractivity contribution in [2.24, 2.45) is 0 Å². The summed E-state index contributed by atoms with van der Waals surface area (Å²) in [4.78, 5) is 32.1. The molecule has 1 N–H and O–H groups in total. The number of aromatic nitrogens is 1. The molecule has 30 heavy (non-hydrogen) atoms. The van der Waals surface area contributed by atoms with Crippen LogP contribution in [-0.4, -0.2) is 59.0 Å². The zero-order valence-corrected chi connectivity index (χ0v) is 17.3. The number of likely N-dealkylation sites (tertiary alicyclic amines) is 2. The van der Waals surface area contributed by atoms with Gasteiger partial charge in [0.2, 0.25) is 5.91 Å². The van der Waals surface area contributed by atoms with Crippen molar-refractivity contribution >= 4 is 17.6 Å². The molecule has 2 saturated heterocycles. The monoisotopic (exact) mass is 408 g/mol. The predicted molar refractivity (Wildman–Crippen MR) is 115 cm³/mol. The molecular weight excluding hydrogens is 380 g/mol. The molecule has 7 heteroatoms. The Morgan fingerprint density at radius 3 is 2.53 bits per heavy atom. The van der Waals surface area contributed by atoms with Crippen LogP contribution in [0.3, 0.4) is 0 Å². The summed E-state index contributed by atoms with van der Waals surface area (Å²) in [6, 6.07) is 11.3. The van der Waals surface area contributed by atoms with Crippen LogP contribution in [0.25, 0.3) is 0 Å². The third-order valence-corrected chi connectivity index (χ3v) is 5.68. The number of hydrogen-bond acceptors (Lipinski definition) is 4. The van der Waals surface area contributed by atoms with E-state index in [0.717, 1.165) is 24.3 Å². The Balaban J connectivity index is 1.18. The summed E-state index contributed by atoms with van der Waals surface area (Å²) in [6.07, 6.45) is 6.26. The molecule has 0 radical (unpaired) electrons. The van der Waals surface area contributed by atoms with Crippen molar-refractivity contribution in [1.82, 2.24) is 14.8 Å². The van der Waals surface area contributed by atoms with Gasteiger partial charge in [-0.25, -0.2) is 4.79 Å². The van der Waals surface area contributed by atoms with E-state index >= 15 is 0 Å². The van der Waals surface area contributed by atoms with Crippen LogP contribution < -0.4 is 10.1 Å². The smallest absolute Gasteiger partial charge is 0.321 e. The Hall–Kier alpha value is -3.09. The maximum absolute atomic E-state index is 12.4. The maximum atomic E-state index is 12.4. The lowest BCUT2D eigenvalue weighted by molar-refractivity contribution is -0.140. The van der Waals surface area contributed by atoms with Gasteiger partial charge < -0.3 is 19.9 Å². The van der Waals surface area contributed by atoms with Crippen LogP contribution in [0.1, 0.15) is 37.7 Å². The molecule has 1 aromatic carbocycles. The van der Waals surface area contributed by atoms with Gasteiger partial charge in [0.1, 0.15) is 11.9 Å². The lowest BCUT2D eigenvalue weighted by Crippen LogP contribution is -2.56. The molecule has 2 aliphatic rings. The van der Waals surface area contributed by atoms with Crippen molar-refractivity contribution in [3.63, 3.8) is 0 Å². The van der Waals surface area contributed by atoms with Crippen LogP contribution in [0.4, 0.5) is 10.5 Å². The van der Waals surface area contributed by atoms with E-state index < -0.39 is 0 Å². The highest BCUT2D eigenvalue weighted by atomic mass is 16.5. The normalized spacial score (nSPS) is 16.6. The molecule has 2 aromatic rings. The predicted octanol–water partition coefficient (Wildman–Crippen LogP) is 3.49. The molecule has 158 valence electrons. The average molecular weight is 409 g/mol. The average Bonchev–Trinajstić information content (AvgIpc) is 2.69. The molecule has 3 heterocycles. The molecule has 3 amide bonds. The number of carbonyl (C=O) groups is 2. The molecule has 2 fully saturated rings. The van der Waals surface area contributed by atoms with E-state index in [-0.39, 0.29) is 18.0 Å². The third kappa shape index (κ3) is 4.72. The first-order valence-electron chi connectivity index (χ1n) is 10.6. The van der Waals surface area contributed by atoms with Crippen LogP contribution >= 0.6 is 0 Å². The summed E-state index contributed by atoms with van der Waals surface area (Å²) >= 11 is 0. The van der Waals surface area contributed by atoms with Gasteiger partial charge in [-0.1, -0.05) is 19.4 Å². The standard InChI is InChI=1S/C23H28N4O3/c1-2-3-6-22(28)26-15-21(16-26)30-20-9-7-19(8-10-20)25-23(29)27-13-18(14-27)17-5-4-11-24-12-17/h4-5,7-12,18,21H,2-3,6,13-16H2,1H3,(H,25,29). The van der Waals surface area contributed by atoms with Crippen molar-refractivity contribution in [1.29, 1.82) is 0 Å². The third-order valence-electron chi connectivity index (χ3n) is 5.68. The van der Waals surface area contributed by atoms with Crippen LogP contribution in [0.5, 0.6) is 5.75 Å². The fourth-order valence-corrected chi connectivity index (χ4v) is 3.69. The van der Waals surface area contributed by atoms with Gasteiger partial charge in [0.15, 0.2) is 0 Å². The molecule has 2 aliphatic heterocycles. The Morgan fingerprint density at radius 1 is 1.10 bits per heavy atom. The van der Waals surface area contributed by atoms with Gasteiger partial charge in [0, 0.05) is 43.5 Å². The SMILES string of the molecule is CCCCC(=O)N1CC(Oc2ccc(NC(=O)N3CC(c4cccnc4)C3)cc2)C1. The fraction of sp³-hybridized carbons (Fsp3) is 0.435. The first-order chi connectivity index (χ1) is 14.6. The summed E-state index contributed by atoms with van der Waals surface area (Å²) in [5.74, 6) is 1.32. The van der Waals surface area contributed by atoms with Crippen molar-refractivity contribution in [2.45, 2.75) is 38.2 Å². The number of unbranched alkanes of at least 4 members (excludes halogenated alkanes) is 1. The summed E-state index contributed by atoms with van der Waals surface area (Å²) in [6.45, 7) is 4.79. The number of benzene rings is 1. The number of nitrogens with one attached hydrogen (secondary N) is 1. The number of anilines is 1. The molecule has 1 aromatic heterocycles. The molecule has 0 aliphatic carbocycles. The minimum Gasteiger partial charge on any atom is -0.487 e. The zero-order valence-electron chi connectivity index (χ0n) is 17.3. The molecule has 0 atom stereocenters. The largest absolute Gasteiger partial charge is 0.487 e. The van der Waals surface area contributed by atoms with Crippen molar-refractivity contribution < 1.29 is 14.3 Å². The lowest BCUT2D eigenvalue weighted by Gasteiger charge is -2.39.